The van der Waals surface area contributed by atoms with Gasteiger partial charge in [0, 0.05) is 0 Å². The van der Waals surface area contributed by atoms with Gasteiger partial charge in [-0.1, -0.05) is 6.07 Å². The molecule has 16 heavy (non-hydrogen) atoms. The van der Waals surface area contributed by atoms with Crippen molar-refractivity contribution >= 4 is 5.97 Å². The topological polar surface area (TPSA) is 35.5 Å². The molecule has 1 atom stereocenters. The number of esters is 1. The average molecular weight is 230 g/mol. The number of ether oxygens (including phenoxy) is 2. The summed E-state index contributed by atoms with van der Waals surface area (Å²) in [7, 11) is 1.25. The summed E-state index contributed by atoms with van der Waals surface area (Å²) in [4.78, 5) is 10.9. The zero-order chi connectivity index (χ0) is 12.1. The standard InChI is InChI=1S/C11H12F2O3/c1-7(6-10(14)15-2)16-9-5-3-4-8(12)11(9)13/h3-5,7H,6H2,1-2H3. The molecule has 0 spiro atoms. The van der Waals surface area contributed by atoms with Crippen LogP contribution in [0, 0.1) is 11.6 Å². The number of carbonyl (C=O) groups excluding carboxylic acids is 1. The Kier molecular flexibility index (Phi) is 4.22. The Morgan fingerprint density at radius 3 is 2.75 bits per heavy atom. The molecule has 5 heteroatoms. The molecule has 1 unspecified atom stereocenters. The first kappa shape index (κ1) is 12.4. The van der Waals surface area contributed by atoms with Gasteiger partial charge in [0.25, 0.3) is 0 Å². The fourth-order valence-corrected chi connectivity index (χ4v) is 1.15. The van der Waals surface area contributed by atoms with Gasteiger partial charge in [-0.25, -0.2) is 4.39 Å². The first-order valence-electron chi connectivity index (χ1n) is 4.72. The van der Waals surface area contributed by atoms with Crippen LogP contribution in [-0.4, -0.2) is 19.2 Å². The summed E-state index contributed by atoms with van der Waals surface area (Å²) in [6, 6.07) is 3.62. The highest BCUT2D eigenvalue weighted by Gasteiger charge is 2.14. The maximum absolute atomic E-state index is 13.2. The van der Waals surface area contributed by atoms with Crippen LogP contribution in [0.25, 0.3) is 0 Å². The van der Waals surface area contributed by atoms with Crippen molar-refractivity contribution in [2.75, 3.05) is 7.11 Å². The van der Waals surface area contributed by atoms with E-state index in [0.29, 0.717) is 0 Å². The molecule has 0 aromatic heterocycles. The van der Waals surface area contributed by atoms with Gasteiger partial charge >= 0.3 is 5.97 Å². The van der Waals surface area contributed by atoms with Crippen molar-refractivity contribution < 1.29 is 23.0 Å². The minimum absolute atomic E-state index is 0.0214. The summed E-state index contributed by atoms with van der Waals surface area (Å²) >= 11 is 0. The van der Waals surface area contributed by atoms with Gasteiger partial charge in [-0.05, 0) is 19.1 Å². The summed E-state index contributed by atoms with van der Waals surface area (Å²) in [5.74, 6) is -2.72. The molecule has 0 aliphatic carbocycles. The van der Waals surface area contributed by atoms with E-state index in [0.717, 1.165) is 6.07 Å². The Hall–Kier alpha value is -1.65. The van der Waals surface area contributed by atoms with Gasteiger partial charge in [0.2, 0.25) is 5.82 Å². The highest BCUT2D eigenvalue weighted by molar-refractivity contribution is 5.69. The fourth-order valence-electron chi connectivity index (χ4n) is 1.15. The number of hydrogen-bond acceptors (Lipinski definition) is 3. The maximum Gasteiger partial charge on any atom is 0.309 e. The Morgan fingerprint density at radius 2 is 2.12 bits per heavy atom. The smallest absolute Gasteiger partial charge is 0.309 e. The Bertz CT molecular complexity index is 379. The zero-order valence-corrected chi connectivity index (χ0v) is 9.00. The largest absolute Gasteiger partial charge is 0.487 e. The van der Waals surface area contributed by atoms with Gasteiger partial charge in [-0.3, -0.25) is 4.79 Å². The average Bonchev–Trinajstić information content (AvgIpc) is 2.24. The number of carbonyl (C=O) groups is 1. The van der Waals surface area contributed by atoms with E-state index >= 15 is 0 Å². The summed E-state index contributed by atoms with van der Waals surface area (Å²) in [6.45, 7) is 1.57. The lowest BCUT2D eigenvalue weighted by Crippen LogP contribution is -2.18. The van der Waals surface area contributed by atoms with Crippen molar-refractivity contribution in [1.82, 2.24) is 0 Å². The van der Waals surface area contributed by atoms with Crippen LogP contribution >= 0.6 is 0 Å². The van der Waals surface area contributed by atoms with E-state index in [1.54, 1.807) is 6.92 Å². The number of rotatable bonds is 4. The highest BCUT2D eigenvalue weighted by atomic mass is 19.2. The van der Waals surface area contributed by atoms with Crippen molar-refractivity contribution in [3.05, 3.63) is 29.8 Å². The number of benzene rings is 1. The van der Waals surface area contributed by atoms with Crippen molar-refractivity contribution in [2.24, 2.45) is 0 Å². The van der Waals surface area contributed by atoms with E-state index < -0.39 is 23.7 Å². The van der Waals surface area contributed by atoms with Gasteiger partial charge in [0.15, 0.2) is 11.6 Å². The van der Waals surface area contributed by atoms with Gasteiger partial charge in [0.1, 0.15) is 6.10 Å². The van der Waals surface area contributed by atoms with Crippen molar-refractivity contribution in [2.45, 2.75) is 19.4 Å². The summed E-state index contributed by atoms with van der Waals surface area (Å²) in [5.41, 5.74) is 0. The second-order valence-corrected chi connectivity index (χ2v) is 3.26. The number of hydrogen-bond donors (Lipinski definition) is 0. The molecule has 0 aliphatic rings. The molecule has 0 heterocycles. The molecule has 0 bridgehead atoms. The molecular weight excluding hydrogens is 218 g/mol. The summed E-state index contributed by atoms with van der Waals surface area (Å²) in [5, 5.41) is 0. The molecule has 0 aliphatic heterocycles. The van der Waals surface area contributed by atoms with E-state index in [-0.39, 0.29) is 12.2 Å². The van der Waals surface area contributed by atoms with Gasteiger partial charge in [-0.15, -0.1) is 0 Å². The second-order valence-electron chi connectivity index (χ2n) is 3.26. The van der Waals surface area contributed by atoms with Crippen LogP contribution < -0.4 is 4.74 Å². The normalized spacial score (nSPS) is 12.0. The minimum Gasteiger partial charge on any atom is -0.487 e. The zero-order valence-electron chi connectivity index (χ0n) is 9.00. The molecule has 0 fully saturated rings. The fraction of sp³-hybridized carbons (Fsp3) is 0.364. The molecule has 88 valence electrons. The van der Waals surface area contributed by atoms with Crippen molar-refractivity contribution in [1.29, 1.82) is 0 Å². The molecule has 0 radical (unpaired) electrons. The molecule has 0 saturated heterocycles. The lowest BCUT2D eigenvalue weighted by atomic mass is 10.2. The Labute approximate surface area is 92.0 Å². The molecule has 0 saturated carbocycles. The van der Waals surface area contributed by atoms with Crippen LogP contribution in [0.4, 0.5) is 8.78 Å². The van der Waals surface area contributed by atoms with Gasteiger partial charge in [-0.2, -0.15) is 4.39 Å². The minimum atomic E-state index is -1.06. The predicted molar refractivity (Wildman–Crippen MR) is 53.1 cm³/mol. The Balaban J connectivity index is 2.66. The molecular formula is C11H12F2O3. The van der Waals surface area contributed by atoms with E-state index in [1.165, 1.54) is 19.2 Å². The number of methoxy groups -OCH3 is 1. The van der Waals surface area contributed by atoms with Crippen LogP contribution in [0.2, 0.25) is 0 Å². The quantitative estimate of drug-likeness (QED) is 0.744. The third-order valence-electron chi connectivity index (χ3n) is 1.93. The van der Waals surface area contributed by atoms with Gasteiger partial charge in [0.05, 0.1) is 13.5 Å². The first-order chi connectivity index (χ1) is 7.54. The van der Waals surface area contributed by atoms with Gasteiger partial charge < -0.3 is 9.47 Å². The maximum atomic E-state index is 13.2. The van der Waals surface area contributed by atoms with E-state index in [9.17, 15) is 13.6 Å². The van der Waals surface area contributed by atoms with Crippen LogP contribution in [0.1, 0.15) is 13.3 Å². The SMILES string of the molecule is COC(=O)CC(C)Oc1cccc(F)c1F. The summed E-state index contributed by atoms with van der Waals surface area (Å²) < 4.78 is 35.5. The molecule has 1 aromatic carbocycles. The van der Waals surface area contributed by atoms with Crippen molar-refractivity contribution in [3.8, 4) is 5.75 Å². The lowest BCUT2D eigenvalue weighted by Gasteiger charge is -2.13. The Morgan fingerprint density at radius 1 is 1.44 bits per heavy atom. The second kappa shape index (κ2) is 5.44. The summed E-state index contributed by atoms with van der Waals surface area (Å²) in [6.07, 6.45) is -0.601. The molecule has 3 nitrogen and oxygen atoms in total. The highest BCUT2D eigenvalue weighted by Crippen LogP contribution is 2.20. The monoisotopic (exact) mass is 230 g/mol. The third kappa shape index (κ3) is 3.18. The molecule has 0 N–H and O–H groups in total. The molecule has 1 aromatic rings. The van der Waals surface area contributed by atoms with Crippen molar-refractivity contribution in [3.63, 3.8) is 0 Å². The van der Waals surface area contributed by atoms with E-state index in [4.69, 9.17) is 4.74 Å². The first-order valence-corrected chi connectivity index (χ1v) is 4.72. The van der Waals surface area contributed by atoms with Crippen LogP contribution in [0.3, 0.4) is 0 Å². The van der Waals surface area contributed by atoms with Crippen LogP contribution in [0.5, 0.6) is 5.75 Å². The van der Waals surface area contributed by atoms with Crippen LogP contribution in [0.15, 0.2) is 18.2 Å². The predicted octanol–water partition coefficient (Wildman–Crippen LogP) is 2.30. The number of halogens is 2. The van der Waals surface area contributed by atoms with Crippen LogP contribution in [-0.2, 0) is 9.53 Å². The third-order valence-corrected chi connectivity index (χ3v) is 1.93. The van der Waals surface area contributed by atoms with E-state index in [2.05, 4.69) is 4.74 Å². The lowest BCUT2D eigenvalue weighted by molar-refractivity contribution is -0.142. The molecule has 1 rings (SSSR count). The van der Waals surface area contributed by atoms with E-state index in [1.807, 2.05) is 0 Å². The molecule has 0 amide bonds.